The van der Waals surface area contributed by atoms with Gasteiger partial charge in [-0.25, -0.2) is 12.8 Å². The number of carbonyl (C=O) groups excluding carboxylic acids is 1. The Balaban J connectivity index is 1.59. The average Bonchev–Trinajstić information content (AvgIpc) is 3.06. The molecular formula is C17H21FN4O4S. The molecule has 146 valence electrons. The molecule has 0 saturated carbocycles. The van der Waals surface area contributed by atoms with Gasteiger partial charge in [0.05, 0.1) is 10.9 Å². The lowest BCUT2D eigenvalue weighted by Gasteiger charge is -2.36. The fourth-order valence-electron chi connectivity index (χ4n) is 2.91. The average molecular weight is 396 g/mol. The zero-order chi connectivity index (χ0) is 19.6. The number of halogens is 1. The van der Waals surface area contributed by atoms with E-state index in [1.54, 1.807) is 19.9 Å². The van der Waals surface area contributed by atoms with Crippen LogP contribution in [0.3, 0.4) is 0 Å². The molecule has 1 N–H and O–H groups in total. The molecule has 1 atom stereocenters. The Kier molecular flexibility index (Phi) is 5.59. The van der Waals surface area contributed by atoms with E-state index in [0.29, 0.717) is 24.7 Å². The van der Waals surface area contributed by atoms with Gasteiger partial charge in [0.1, 0.15) is 11.6 Å². The molecule has 1 aromatic carbocycles. The summed E-state index contributed by atoms with van der Waals surface area (Å²) in [5, 5.41) is 6.41. The van der Waals surface area contributed by atoms with Crippen molar-refractivity contribution >= 4 is 21.7 Å². The second-order valence-electron chi connectivity index (χ2n) is 6.38. The van der Waals surface area contributed by atoms with Crippen molar-refractivity contribution in [3.63, 3.8) is 0 Å². The molecule has 1 aliphatic rings. The van der Waals surface area contributed by atoms with Gasteiger partial charge in [-0.05, 0) is 38.1 Å². The Morgan fingerprint density at radius 3 is 2.41 bits per heavy atom. The zero-order valence-corrected chi connectivity index (χ0v) is 15.9. The summed E-state index contributed by atoms with van der Waals surface area (Å²) >= 11 is 0. The molecule has 10 heteroatoms. The number of rotatable bonds is 5. The molecule has 1 aliphatic heterocycles. The third-order valence-electron chi connectivity index (χ3n) is 4.53. The molecule has 1 fully saturated rings. The van der Waals surface area contributed by atoms with Crippen LogP contribution in [0.4, 0.5) is 10.2 Å². The number of nitrogens with zero attached hydrogens (tertiary/aromatic N) is 3. The van der Waals surface area contributed by atoms with E-state index in [2.05, 4.69) is 10.5 Å². The van der Waals surface area contributed by atoms with Gasteiger partial charge >= 0.3 is 0 Å². The maximum Gasteiger partial charge on any atom is 0.243 e. The predicted molar refractivity (Wildman–Crippen MR) is 96.1 cm³/mol. The maximum atomic E-state index is 13.0. The molecule has 3 rings (SSSR count). The Hall–Kier alpha value is -2.30. The van der Waals surface area contributed by atoms with Crippen LogP contribution in [0, 0.1) is 12.7 Å². The molecule has 1 aromatic heterocycles. The zero-order valence-electron chi connectivity index (χ0n) is 15.1. The Morgan fingerprint density at radius 1 is 1.22 bits per heavy atom. The van der Waals surface area contributed by atoms with Gasteiger partial charge in [-0.15, -0.1) is 0 Å². The van der Waals surface area contributed by atoms with E-state index in [9.17, 15) is 17.6 Å². The van der Waals surface area contributed by atoms with Crippen molar-refractivity contribution in [2.45, 2.75) is 24.8 Å². The number of sulfonamides is 1. The van der Waals surface area contributed by atoms with Crippen molar-refractivity contribution in [2.75, 3.05) is 31.5 Å². The molecule has 0 aliphatic carbocycles. The van der Waals surface area contributed by atoms with Crippen LogP contribution in [0.2, 0.25) is 0 Å². The highest BCUT2D eigenvalue weighted by molar-refractivity contribution is 7.89. The van der Waals surface area contributed by atoms with Gasteiger partial charge in [0.15, 0.2) is 5.82 Å². The van der Waals surface area contributed by atoms with Crippen LogP contribution in [0.1, 0.15) is 12.7 Å². The summed E-state index contributed by atoms with van der Waals surface area (Å²) in [5.41, 5.74) is 0. The minimum Gasteiger partial charge on any atom is -0.360 e. The molecule has 1 amide bonds. The van der Waals surface area contributed by atoms with Crippen LogP contribution in [0.25, 0.3) is 0 Å². The number of hydrogen-bond donors (Lipinski definition) is 1. The maximum absolute atomic E-state index is 13.0. The molecule has 0 spiro atoms. The van der Waals surface area contributed by atoms with Crippen molar-refractivity contribution < 1.29 is 22.1 Å². The highest BCUT2D eigenvalue weighted by atomic mass is 32.2. The van der Waals surface area contributed by atoms with Gasteiger partial charge in [-0.1, -0.05) is 5.16 Å². The summed E-state index contributed by atoms with van der Waals surface area (Å²) in [6.45, 7) is 4.81. The quantitative estimate of drug-likeness (QED) is 0.822. The smallest absolute Gasteiger partial charge is 0.243 e. The van der Waals surface area contributed by atoms with Crippen LogP contribution >= 0.6 is 0 Å². The molecule has 8 nitrogen and oxygen atoms in total. The van der Waals surface area contributed by atoms with E-state index in [1.165, 1.54) is 16.4 Å². The number of piperazine rings is 1. The van der Waals surface area contributed by atoms with E-state index < -0.39 is 21.9 Å². The summed E-state index contributed by atoms with van der Waals surface area (Å²) in [5.74, 6) is 0.221. The fraction of sp³-hybridized carbons (Fsp3) is 0.412. The number of amides is 1. The number of benzene rings is 1. The van der Waals surface area contributed by atoms with Crippen molar-refractivity contribution in [3.8, 4) is 0 Å². The summed E-state index contributed by atoms with van der Waals surface area (Å²) < 4.78 is 44.6. The normalized spacial score (nSPS) is 17.6. The van der Waals surface area contributed by atoms with Crippen LogP contribution in [0.5, 0.6) is 0 Å². The van der Waals surface area contributed by atoms with Gasteiger partial charge in [0.2, 0.25) is 15.9 Å². The minimum atomic E-state index is -3.68. The molecule has 0 unspecified atom stereocenters. The minimum absolute atomic E-state index is 0.0598. The van der Waals surface area contributed by atoms with Crippen molar-refractivity contribution in [2.24, 2.45) is 0 Å². The van der Waals surface area contributed by atoms with E-state index in [1.807, 2.05) is 4.90 Å². The number of aromatic nitrogens is 1. The molecule has 2 aromatic rings. The Labute approximate surface area is 157 Å². The monoisotopic (exact) mass is 396 g/mol. The predicted octanol–water partition coefficient (Wildman–Crippen LogP) is 1.46. The van der Waals surface area contributed by atoms with Gasteiger partial charge in [-0.3, -0.25) is 9.69 Å². The SMILES string of the molecule is Cc1cc(NC(=O)[C@@H](C)N2CCN(S(=O)(=O)c3ccc(F)cc3)CC2)no1. The third-order valence-corrected chi connectivity index (χ3v) is 6.44. The van der Waals surface area contributed by atoms with E-state index in [4.69, 9.17) is 4.52 Å². The fourth-order valence-corrected chi connectivity index (χ4v) is 4.33. The summed E-state index contributed by atoms with van der Waals surface area (Å²) in [6.07, 6.45) is 0. The topological polar surface area (TPSA) is 95.8 Å². The molecule has 27 heavy (non-hydrogen) atoms. The van der Waals surface area contributed by atoms with Gasteiger partial charge in [-0.2, -0.15) is 4.31 Å². The number of carbonyl (C=O) groups is 1. The first-order valence-electron chi connectivity index (χ1n) is 8.51. The lowest BCUT2D eigenvalue weighted by Crippen LogP contribution is -2.53. The molecule has 0 radical (unpaired) electrons. The van der Waals surface area contributed by atoms with Crippen LogP contribution in [-0.2, 0) is 14.8 Å². The standard InChI is InChI=1S/C17H21FN4O4S/c1-12-11-16(20-26-12)19-17(23)13(2)21-7-9-22(10-8-21)27(24,25)15-5-3-14(18)4-6-15/h3-6,11,13H,7-10H2,1-2H3,(H,19,20,23)/t13-/m1/s1. The Bertz CT molecular complexity index is 905. The number of hydrogen-bond acceptors (Lipinski definition) is 6. The van der Waals surface area contributed by atoms with Crippen molar-refractivity contribution in [1.29, 1.82) is 0 Å². The van der Waals surface area contributed by atoms with Crippen molar-refractivity contribution in [3.05, 3.63) is 41.9 Å². The van der Waals surface area contributed by atoms with Crippen LogP contribution < -0.4 is 5.32 Å². The number of nitrogens with one attached hydrogen (secondary N) is 1. The lowest BCUT2D eigenvalue weighted by atomic mass is 10.2. The number of aryl methyl sites for hydroxylation is 1. The molecule has 1 saturated heterocycles. The van der Waals surface area contributed by atoms with Crippen molar-refractivity contribution in [1.82, 2.24) is 14.4 Å². The first-order chi connectivity index (χ1) is 12.8. The Morgan fingerprint density at radius 2 is 1.85 bits per heavy atom. The highest BCUT2D eigenvalue weighted by Crippen LogP contribution is 2.19. The van der Waals surface area contributed by atoms with Gasteiger partial charge in [0.25, 0.3) is 0 Å². The van der Waals surface area contributed by atoms with Gasteiger partial charge in [0, 0.05) is 32.2 Å². The molecular weight excluding hydrogens is 375 g/mol. The highest BCUT2D eigenvalue weighted by Gasteiger charge is 2.32. The first kappa shape index (κ1) is 19.5. The third kappa shape index (κ3) is 4.34. The second-order valence-corrected chi connectivity index (χ2v) is 8.32. The molecule has 2 heterocycles. The summed E-state index contributed by atoms with van der Waals surface area (Å²) in [6, 6.07) is 5.94. The second kappa shape index (κ2) is 7.75. The van der Waals surface area contributed by atoms with Gasteiger partial charge < -0.3 is 9.84 Å². The van der Waals surface area contributed by atoms with E-state index in [-0.39, 0.29) is 23.9 Å². The summed E-state index contributed by atoms with van der Waals surface area (Å²) in [7, 11) is -3.68. The van der Waals surface area contributed by atoms with E-state index >= 15 is 0 Å². The van der Waals surface area contributed by atoms with Crippen LogP contribution in [0.15, 0.2) is 39.8 Å². The van der Waals surface area contributed by atoms with E-state index in [0.717, 1.165) is 12.1 Å². The lowest BCUT2D eigenvalue weighted by molar-refractivity contribution is -0.121. The summed E-state index contributed by atoms with van der Waals surface area (Å²) in [4.78, 5) is 14.3. The molecule has 0 bridgehead atoms. The first-order valence-corrected chi connectivity index (χ1v) is 9.95. The number of anilines is 1. The van der Waals surface area contributed by atoms with Crippen LogP contribution in [-0.4, -0.2) is 60.9 Å². The largest absolute Gasteiger partial charge is 0.360 e.